The Kier molecular flexibility index (Phi) is 3.59. The normalized spacial score (nSPS) is 10.8. The number of hydrogen-bond donors (Lipinski definition) is 3. The zero-order chi connectivity index (χ0) is 16.4. The van der Waals surface area contributed by atoms with Crippen molar-refractivity contribution in [3.63, 3.8) is 0 Å². The second kappa shape index (κ2) is 6.04. The molecular weight excluding hydrogens is 298 g/mol. The van der Waals surface area contributed by atoms with Crippen LogP contribution < -0.4 is 11.1 Å². The van der Waals surface area contributed by atoms with Crippen molar-refractivity contribution in [2.24, 2.45) is 0 Å². The topological polar surface area (TPSA) is 79.6 Å². The lowest BCUT2D eigenvalue weighted by Crippen LogP contribution is -2.01. The highest BCUT2D eigenvalue weighted by Crippen LogP contribution is 2.27. The minimum atomic E-state index is 0.517. The number of aromatic nitrogens is 3. The van der Waals surface area contributed by atoms with Gasteiger partial charge in [0.15, 0.2) is 5.82 Å². The van der Waals surface area contributed by atoms with E-state index in [1.165, 1.54) is 5.56 Å². The van der Waals surface area contributed by atoms with Crippen LogP contribution >= 0.6 is 0 Å². The van der Waals surface area contributed by atoms with Crippen LogP contribution in [0.25, 0.3) is 22.0 Å². The molecule has 2 heterocycles. The molecule has 24 heavy (non-hydrogen) atoms. The number of anilines is 2. The van der Waals surface area contributed by atoms with Crippen LogP contribution in [0.4, 0.5) is 11.6 Å². The van der Waals surface area contributed by atoms with Crippen molar-refractivity contribution in [3.8, 4) is 11.1 Å². The molecular formula is C19H17N5. The van der Waals surface area contributed by atoms with Crippen LogP contribution in [0.5, 0.6) is 0 Å². The van der Waals surface area contributed by atoms with Crippen molar-refractivity contribution in [2.75, 3.05) is 11.1 Å². The lowest BCUT2D eigenvalue weighted by molar-refractivity contribution is 1.11. The zero-order valence-corrected chi connectivity index (χ0v) is 13.0. The van der Waals surface area contributed by atoms with E-state index in [1.807, 2.05) is 48.7 Å². The number of nitrogens with one attached hydrogen (secondary N) is 2. The van der Waals surface area contributed by atoms with Gasteiger partial charge < -0.3 is 11.1 Å². The molecule has 0 saturated heterocycles. The van der Waals surface area contributed by atoms with Crippen molar-refractivity contribution in [1.29, 1.82) is 0 Å². The van der Waals surface area contributed by atoms with Crippen LogP contribution in [0.3, 0.4) is 0 Å². The summed E-state index contributed by atoms with van der Waals surface area (Å²) in [5.41, 5.74) is 10.2. The van der Waals surface area contributed by atoms with Crippen LogP contribution in [-0.2, 0) is 6.54 Å². The number of aromatic amines is 1. The SMILES string of the molecule is Nc1n[nH]c2ccc(-c3ccnc(NCc4ccccc4)c3)cc12. The van der Waals surface area contributed by atoms with E-state index < -0.39 is 0 Å². The minimum Gasteiger partial charge on any atom is -0.382 e. The van der Waals surface area contributed by atoms with E-state index in [0.717, 1.165) is 34.4 Å². The smallest absolute Gasteiger partial charge is 0.153 e. The molecule has 0 amide bonds. The van der Waals surface area contributed by atoms with E-state index >= 15 is 0 Å². The first kappa shape index (κ1) is 14.3. The Morgan fingerprint density at radius 2 is 1.79 bits per heavy atom. The van der Waals surface area contributed by atoms with Gasteiger partial charge in [-0.25, -0.2) is 4.98 Å². The Hall–Kier alpha value is -3.34. The molecule has 0 radical (unpaired) electrons. The Labute approximate surface area is 139 Å². The number of H-pyrrole nitrogens is 1. The van der Waals surface area contributed by atoms with Gasteiger partial charge in [-0.3, -0.25) is 5.10 Å². The summed E-state index contributed by atoms with van der Waals surface area (Å²) in [5.74, 6) is 1.36. The largest absolute Gasteiger partial charge is 0.382 e. The third-order valence-electron chi connectivity index (χ3n) is 4.00. The van der Waals surface area contributed by atoms with Gasteiger partial charge in [-0.2, -0.15) is 5.10 Å². The van der Waals surface area contributed by atoms with Crippen molar-refractivity contribution >= 4 is 22.5 Å². The van der Waals surface area contributed by atoms with Gasteiger partial charge in [0.1, 0.15) is 5.82 Å². The van der Waals surface area contributed by atoms with E-state index in [9.17, 15) is 0 Å². The predicted molar refractivity (Wildman–Crippen MR) is 97.5 cm³/mol. The maximum absolute atomic E-state index is 5.90. The highest BCUT2D eigenvalue weighted by Gasteiger charge is 2.06. The summed E-state index contributed by atoms with van der Waals surface area (Å²) < 4.78 is 0. The first-order valence-corrected chi connectivity index (χ1v) is 7.77. The van der Waals surface area contributed by atoms with Gasteiger partial charge in [-0.05, 0) is 41.0 Å². The summed E-state index contributed by atoms with van der Waals surface area (Å²) in [6.45, 7) is 0.741. The molecule has 4 rings (SSSR count). The Balaban J connectivity index is 1.60. The van der Waals surface area contributed by atoms with Gasteiger partial charge in [0, 0.05) is 18.1 Å². The van der Waals surface area contributed by atoms with Gasteiger partial charge in [0.25, 0.3) is 0 Å². The molecule has 0 fully saturated rings. The number of fused-ring (bicyclic) bond motifs is 1. The monoisotopic (exact) mass is 315 g/mol. The summed E-state index contributed by atoms with van der Waals surface area (Å²) in [5, 5.41) is 11.2. The van der Waals surface area contributed by atoms with Crippen molar-refractivity contribution in [2.45, 2.75) is 6.54 Å². The van der Waals surface area contributed by atoms with Crippen molar-refractivity contribution in [3.05, 3.63) is 72.4 Å². The first-order chi connectivity index (χ1) is 11.8. The van der Waals surface area contributed by atoms with Crippen LogP contribution in [0.15, 0.2) is 66.9 Å². The summed E-state index contributed by atoms with van der Waals surface area (Å²) in [6.07, 6.45) is 1.81. The Morgan fingerprint density at radius 3 is 2.67 bits per heavy atom. The van der Waals surface area contributed by atoms with Gasteiger partial charge in [0.2, 0.25) is 0 Å². The maximum Gasteiger partial charge on any atom is 0.153 e. The highest BCUT2D eigenvalue weighted by atomic mass is 15.1. The number of nitrogens with zero attached hydrogens (tertiary/aromatic N) is 2. The number of nitrogen functional groups attached to an aromatic ring is 1. The zero-order valence-electron chi connectivity index (χ0n) is 13.0. The molecule has 0 atom stereocenters. The van der Waals surface area contributed by atoms with E-state index in [0.29, 0.717) is 5.82 Å². The van der Waals surface area contributed by atoms with Crippen LogP contribution in [0.1, 0.15) is 5.56 Å². The number of rotatable bonds is 4. The summed E-state index contributed by atoms with van der Waals surface area (Å²) >= 11 is 0. The maximum atomic E-state index is 5.90. The predicted octanol–water partition coefficient (Wildman–Crippen LogP) is 3.82. The quantitative estimate of drug-likeness (QED) is 0.535. The van der Waals surface area contributed by atoms with Crippen LogP contribution in [0, 0.1) is 0 Å². The van der Waals surface area contributed by atoms with Crippen molar-refractivity contribution < 1.29 is 0 Å². The molecule has 0 saturated carbocycles. The molecule has 0 aliphatic carbocycles. The molecule has 2 aromatic heterocycles. The molecule has 5 nitrogen and oxygen atoms in total. The van der Waals surface area contributed by atoms with Gasteiger partial charge in [0.05, 0.1) is 5.52 Å². The minimum absolute atomic E-state index is 0.517. The third kappa shape index (κ3) is 2.79. The summed E-state index contributed by atoms with van der Waals surface area (Å²) in [7, 11) is 0. The molecule has 0 spiro atoms. The van der Waals surface area contributed by atoms with Gasteiger partial charge >= 0.3 is 0 Å². The fourth-order valence-electron chi connectivity index (χ4n) is 2.71. The standard InChI is InChI=1S/C19H17N5/c20-19-16-10-14(6-7-17(16)23-24-19)15-8-9-21-18(11-15)22-12-13-4-2-1-3-5-13/h1-11H,12H2,(H,21,22)(H3,20,23,24). The van der Waals surface area contributed by atoms with E-state index in [4.69, 9.17) is 5.73 Å². The number of pyridine rings is 1. The fourth-order valence-corrected chi connectivity index (χ4v) is 2.71. The molecule has 0 bridgehead atoms. The second-order valence-electron chi connectivity index (χ2n) is 5.64. The van der Waals surface area contributed by atoms with Crippen molar-refractivity contribution in [1.82, 2.24) is 15.2 Å². The molecule has 118 valence electrons. The average molecular weight is 315 g/mol. The molecule has 0 unspecified atom stereocenters. The van der Waals surface area contributed by atoms with E-state index in [-0.39, 0.29) is 0 Å². The molecule has 2 aromatic carbocycles. The van der Waals surface area contributed by atoms with E-state index in [2.05, 4.69) is 38.7 Å². The molecule has 5 heteroatoms. The number of benzene rings is 2. The molecule has 4 N–H and O–H groups in total. The van der Waals surface area contributed by atoms with Gasteiger partial charge in [-0.15, -0.1) is 0 Å². The lowest BCUT2D eigenvalue weighted by atomic mass is 10.0. The van der Waals surface area contributed by atoms with E-state index in [1.54, 1.807) is 0 Å². The van der Waals surface area contributed by atoms with Gasteiger partial charge in [-0.1, -0.05) is 36.4 Å². The van der Waals surface area contributed by atoms with Crippen LogP contribution in [0.2, 0.25) is 0 Å². The third-order valence-corrected chi connectivity index (χ3v) is 4.00. The number of hydrogen-bond acceptors (Lipinski definition) is 4. The summed E-state index contributed by atoms with van der Waals surface area (Å²) in [6, 6.07) is 20.4. The van der Waals surface area contributed by atoms with Crippen LogP contribution in [-0.4, -0.2) is 15.2 Å². The molecule has 0 aliphatic heterocycles. The average Bonchev–Trinajstić information content (AvgIpc) is 3.02. The lowest BCUT2D eigenvalue weighted by Gasteiger charge is -2.08. The summed E-state index contributed by atoms with van der Waals surface area (Å²) in [4.78, 5) is 4.40. The first-order valence-electron chi connectivity index (χ1n) is 7.77. The molecule has 4 aromatic rings. The molecule has 0 aliphatic rings. The number of nitrogens with two attached hydrogens (primary N) is 1. The Morgan fingerprint density at radius 1 is 0.958 bits per heavy atom. The highest BCUT2D eigenvalue weighted by molar-refractivity contribution is 5.92. The second-order valence-corrected chi connectivity index (χ2v) is 5.64. The Bertz CT molecular complexity index is 975. The fraction of sp³-hybridized carbons (Fsp3) is 0.0526.